The van der Waals surface area contributed by atoms with Gasteiger partial charge < -0.3 is 0 Å². The average molecular weight is 566 g/mol. The number of aryl methyl sites for hydroxylation is 4. The van der Waals surface area contributed by atoms with E-state index in [0.29, 0.717) is 0 Å². The van der Waals surface area contributed by atoms with E-state index < -0.39 is 8.07 Å². The summed E-state index contributed by atoms with van der Waals surface area (Å²) < 4.78 is 0. The molecule has 4 aromatic rings. The van der Waals surface area contributed by atoms with Crippen LogP contribution in [0.1, 0.15) is 22.3 Å². The Morgan fingerprint density at radius 1 is 0.452 bits per heavy atom. The van der Waals surface area contributed by atoms with Crippen LogP contribution in [0.25, 0.3) is 0 Å². The van der Waals surface area contributed by atoms with Gasteiger partial charge in [-0.2, -0.15) is 140 Å². The van der Waals surface area contributed by atoms with E-state index in [1.165, 1.54) is 43.0 Å². The predicted molar refractivity (Wildman–Crippen MR) is 124 cm³/mol. The molecule has 0 aromatic heterocycles. The van der Waals surface area contributed by atoms with Crippen molar-refractivity contribution in [3.05, 3.63) is 119 Å². The van der Waals surface area contributed by atoms with Gasteiger partial charge in [-0.1, -0.05) is 27.7 Å². The third-order valence-corrected chi connectivity index (χ3v) is 9.83. The minimum atomic E-state index is -2.65. The maximum absolute atomic E-state index is 3.61. The summed E-state index contributed by atoms with van der Waals surface area (Å²) in [5.74, 6) is 0. The molecule has 0 spiro atoms. The fourth-order valence-electron chi connectivity index (χ4n) is 4.06. The molecule has 0 unspecified atom stereocenters. The van der Waals surface area contributed by atoms with Crippen LogP contribution in [0.2, 0.25) is 0 Å². The molecule has 3 heteroatoms. The predicted octanol–water partition coefficient (Wildman–Crippen LogP) is 3.49. The Hall–Kier alpha value is -0.695. The van der Waals surface area contributed by atoms with Crippen LogP contribution in [0.3, 0.4) is 0 Å². The normalized spacial score (nSPS) is 10.7. The zero-order chi connectivity index (χ0) is 20.4. The Balaban J connectivity index is 0.00000171. The van der Waals surface area contributed by atoms with Crippen molar-refractivity contribution >= 4 is 28.8 Å². The van der Waals surface area contributed by atoms with Crippen LogP contribution in [-0.2, 0) is 65.4 Å². The van der Waals surface area contributed by atoms with E-state index >= 15 is 0 Å². The third-order valence-electron chi connectivity index (χ3n) is 5.44. The van der Waals surface area contributed by atoms with E-state index in [-0.39, 0.29) is 65.4 Å². The molecule has 4 aromatic carbocycles. The van der Waals surface area contributed by atoms with Crippen LogP contribution in [0.4, 0.5) is 0 Å². The molecule has 0 aliphatic rings. The molecule has 0 aliphatic carbocycles. The molecule has 0 saturated heterocycles. The van der Waals surface area contributed by atoms with Gasteiger partial charge in [0, 0.05) is 65.4 Å². The van der Waals surface area contributed by atoms with Crippen molar-refractivity contribution in [1.29, 1.82) is 0 Å². The molecule has 0 amide bonds. The second-order valence-electron chi connectivity index (χ2n) is 7.87. The van der Waals surface area contributed by atoms with Gasteiger partial charge in [0.05, 0.1) is 8.07 Å². The van der Waals surface area contributed by atoms with Crippen LogP contribution in [0.15, 0.2) is 72.8 Å². The minimum Gasteiger partial charge on any atom is -0.184 e. The average Bonchev–Trinajstić information content (AvgIpc) is 2.69. The third kappa shape index (κ3) is 5.45. The van der Waals surface area contributed by atoms with E-state index in [1.54, 1.807) is 0 Å². The standard InChI is InChI=1S/C28H24Si.2Y/c1-21-9-5-13-25(17-21)29(26-14-6-10-22(2)18-26,27-15-7-11-23(3)19-27)28-16-8-12-24(4)20-28;;/h5-12,17-20H,1-4H3;;/q-4;;. The minimum absolute atomic E-state index is 0. The van der Waals surface area contributed by atoms with Crippen molar-refractivity contribution < 1.29 is 65.4 Å². The number of hydrogen-bond donors (Lipinski definition) is 0. The zero-order valence-corrected chi connectivity index (χ0v) is 25.3. The van der Waals surface area contributed by atoms with Crippen molar-refractivity contribution in [1.82, 2.24) is 0 Å². The van der Waals surface area contributed by atoms with Gasteiger partial charge >= 0.3 is 0 Å². The molecule has 31 heavy (non-hydrogen) atoms. The SMILES string of the molecule is Cc1cc[c-]c([Si](c2[c-]ccc(C)c2)(c2[c-]ccc(C)c2)c2[c-]ccc(C)c2)c1.[Y].[Y]. The molecule has 2 radical (unpaired) electrons. The Morgan fingerprint density at radius 3 is 0.871 bits per heavy atom. The first kappa shape index (κ1) is 26.6. The fourth-order valence-corrected chi connectivity index (χ4v) is 8.77. The molecule has 0 nitrogen and oxygen atoms in total. The van der Waals surface area contributed by atoms with Gasteiger partial charge in [0.2, 0.25) is 0 Å². The molecular weight excluding hydrogens is 542 g/mol. The summed E-state index contributed by atoms with van der Waals surface area (Å²) in [6.45, 7) is 8.60. The molecule has 150 valence electrons. The van der Waals surface area contributed by atoms with Crippen molar-refractivity contribution in [2.45, 2.75) is 27.7 Å². The summed E-state index contributed by atoms with van der Waals surface area (Å²) in [7, 11) is -2.65. The van der Waals surface area contributed by atoms with Gasteiger partial charge in [-0.05, 0) is 0 Å². The summed E-state index contributed by atoms with van der Waals surface area (Å²) in [4.78, 5) is 0. The zero-order valence-electron chi connectivity index (χ0n) is 18.6. The van der Waals surface area contributed by atoms with E-state index in [1.807, 2.05) is 24.3 Å². The molecule has 0 saturated carbocycles. The Bertz CT molecular complexity index is 979. The number of hydrogen-bond acceptors (Lipinski definition) is 0. The van der Waals surface area contributed by atoms with E-state index in [0.717, 1.165) is 0 Å². The Morgan fingerprint density at radius 2 is 0.677 bits per heavy atom. The molecule has 0 atom stereocenters. The first-order chi connectivity index (χ1) is 14.0. The molecule has 0 heterocycles. The van der Waals surface area contributed by atoms with Gasteiger partial charge in [0.1, 0.15) is 0 Å². The van der Waals surface area contributed by atoms with Crippen molar-refractivity contribution in [2.24, 2.45) is 0 Å². The molecule has 0 aliphatic heterocycles. The van der Waals surface area contributed by atoms with E-state index in [4.69, 9.17) is 0 Å². The number of benzene rings is 4. The summed E-state index contributed by atoms with van der Waals surface area (Å²) in [6, 6.07) is 40.2. The molecule has 0 bridgehead atoms. The molecular formula is C28H24SiY2-4. The van der Waals surface area contributed by atoms with Gasteiger partial charge in [0.15, 0.2) is 0 Å². The Kier molecular flexibility index (Phi) is 9.80. The number of rotatable bonds is 4. The quantitative estimate of drug-likeness (QED) is 0.202. The van der Waals surface area contributed by atoms with Gasteiger partial charge in [-0.25, -0.2) is 0 Å². The van der Waals surface area contributed by atoms with Crippen LogP contribution in [-0.4, -0.2) is 8.07 Å². The topological polar surface area (TPSA) is 0 Å². The maximum Gasteiger partial charge on any atom is 0.0811 e. The molecule has 0 N–H and O–H groups in total. The van der Waals surface area contributed by atoms with Crippen LogP contribution < -0.4 is 20.7 Å². The van der Waals surface area contributed by atoms with Crippen LogP contribution >= 0.6 is 0 Å². The van der Waals surface area contributed by atoms with E-state index in [9.17, 15) is 0 Å². The summed E-state index contributed by atoms with van der Waals surface area (Å²) >= 11 is 0. The first-order valence-corrected chi connectivity index (χ1v) is 12.0. The van der Waals surface area contributed by atoms with Gasteiger partial charge in [-0.15, -0.1) is 0 Å². The summed E-state index contributed by atoms with van der Waals surface area (Å²) in [5, 5.41) is 4.90. The fraction of sp³-hybridized carbons (Fsp3) is 0.143. The van der Waals surface area contributed by atoms with Gasteiger partial charge in [-0.3, -0.25) is 0 Å². The van der Waals surface area contributed by atoms with Crippen molar-refractivity contribution in [3.63, 3.8) is 0 Å². The molecule has 0 fully saturated rings. The van der Waals surface area contributed by atoms with E-state index in [2.05, 4.69) is 100 Å². The van der Waals surface area contributed by atoms with Crippen molar-refractivity contribution in [2.75, 3.05) is 0 Å². The van der Waals surface area contributed by atoms with Crippen LogP contribution in [0, 0.1) is 52.0 Å². The van der Waals surface area contributed by atoms with Gasteiger partial charge in [0.25, 0.3) is 0 Å². The second kappa shape index (κ2) is 11.4. The monoisotopic (exact) mass is 566 g/mol. The second-order valence-corrected chi connectivity index (χ2v) is 11.5. The Labute approximate surface area is 238 Å². The maximum atomic E-state index is 3.61. The van der Waals surface area contributed by atoms with Crippen LogP contribution in [0.5, 0.6) is 0 Å². The largest absolute Gasteiger partial charge is 0.184 e. The summed E-state index contributed by atoms with van der Waals surface area (Å²) in [6.07, 6.45) is 0. The van der Waals surface area contributed by atoms with Crippen molar-refractivity contribution in [3.8, 4) is 0 Å². The first-order valence-electron chi connectivity index (χ1n) is 9.95. The smallest absolute Gasteiger partial charge is 0.0811 e. The summed E-state index contributed by atoms with van der Waals surface area (Å²) in [5.41, 5.74) is 4.96. The molecule has 4 rings (SSSR count).